The third-order valence-corrected chi connectivity index (χ3v) is 7.92. The van der Waals surface area contributed by atoms with Crippen molar-refractivity contribution in [2.75, 3.05) is 39.3 Å². The summed E-state index contributed by atoms with van der Waals surface area (Å²) in [6.07, 6.45) is 7.41. The van der Waals surface area contributed by atoms with E-state index >= 15 is 0 Å². The summed E-state index contributed by atoms with van der Waals surface area (Å²) in [5.41, 5.74) is 0.340. The molecule has 8 heteroatoms. The molecule has 0 aliphatic carbocycles. The number of halogens is 1. The summed E-state index contributed by atoms with van der Waals surface area (Å²) >= 11 is 6.16. The number of carbonyl (C=O) groups excluding carboxylic acids is 3. The summed E-state index contributed by atoms with van der Waals surface area (Å²) in [6, 6.07) is 5.17. The van der Waals surface area contributed by atoms with Crippen molar-refractivity contribution in [3.05, 3.63) is 28.8 Å². The smallest absolute Gasteiger partial charge is 0.255 e. The number of rotatable bonds is 1. The maximum absolute atomic E-state index is 13.4. The van der Waals surface area contributed by atoms with Crippen molar-refractivity contribution in [2.24, 2.45) is 11.3 Å². The van der Waals surface area contributed by atoms with Crippen LogP contribution in [0.2, 0.25) is 5.02 Å². The number of piperidine rings is 2. The number of nitrogens with one attached hydrogen (secondary N) is 1. The highest BCUT2D eigenvalue weighted by Gasteiger charge is 2.39. The van der Waals surface area contributed by atoms with E-state index in [1.807, 2.05) is 9.80 Å². The van der Waals surface area contributed by atoms with Gasteiger partial charge in [-0.3, -0.25) is 14.4 Å². The average molecular weight is 490 g/mol. The number of nitrogens with zero attached hydrogens (tertiary/aromatic N) is 2. The van der Waals surface area contributed by atoms with Crippen LogP contribution in [0.1, 0.15) is 68.6 Å². The van der Waals surface area contributed by atoms with E-state index in [9.17, 15) is 14.4 Å². The van der Waals surface area contributed by atoms with Gasteiger partial charge >= 0.3 is 0 Å². The van der Waals surface area contributed by atoms with Gasteiger partial charge in [0.05, 0.1) is 12.2 Å². The standard InChI is InChI=1S/C26H36ClN3O4/c1-19(31)29-13-8-20(9-14-29)25(33)30-12-5-11-26(18-30)10-3-2-4-15-34-23-7-6-21(27)16-22(23)24(32)28-17-26/h6-7,16,20H,2-5,8-15,17-18H2,1H3,(H,28,32). The SMILES string of the molecule is CC(=O)N1CCC(C(=O)N2CCCC3(CCCCCOc4ccc(Cl)cc4C(=O)NC3)C2)CC1. The van der Waals surface area contributed by atoms with Crippen LogP contribution in [0.4, 0.5) is 0 Å². The number of hydrogen-bond acceptors (Lipinski definition) is 4. The third kappa shape index (κ3) is 5.85. The third-order valence-electron chi connectivity index (χ3n) is 7.68. The van der Waals surface area contributed by atoms with Crippen LogP contribution in [0.15, 0.2) is 18.2 Å². The lowest BCUT2D eigenvalue weighted by Crippen LogP contribution is -2.53. The quantitative estimate of drug-likeness (QED) is 0.649. The number of fused-ring (bicyclic) bond motifs is 1. The van der Waals surface area contributed by atoms with Gasteiger partial charge in [0, 0.05) is 56.0 Å². The van der Waals surface area contributed by atoms with Gasteiger partial charge in [0.25, 0.3) is 5.91 Å². The minimum Gasteiger partial charge on any atom is -0.493 e. The van der Waals surface area contributed by atoms with Crippen LogP contribution in [0, 0.1) is 11.3 Å². The molecule has 3 heterocycles. The highest BCUT2D eigenvalue weighted by atomic mass is 35.5. The van der Waals surface area contributed by atoms with E-state index < -0.39 is 0 Å². The highest BCUT2D eigenvalue weighted by molar-refractivity contribution is 6.31. The zero-order chi connectivity index (χ0) is 24.1. The van der Waals surface area contributed by atoms with Gasteiger partial charge in [0.1, 0.15) is 5.75 Å². The van der Waals surface area contributed by atoms with Crippen molar-refractivity contribution in [3.63, 3.8) is 0 Å². The van der Waals surface area contributed by atoms with Crippen LogP contribution in [-0.2, 0) is 9.59 Å². The van der Waals surface area contributed by atoms with Crippen LogP contribution in [0.25, 0.3) is 0 Å². The molecule has 1 unspecified atom stereocenters. The molecule has 0 bridgehead atoms. The second-order valence-corrected chi connectivity index (χ2v) is 10.6. The Labute approximate surface area is 207 Å². The van der Waals surface area contributed by atoms with E-state index in [1.54, 1.807) is 25.1 Å². The Kier molecular flexibility index (Phi) is 8.02. The number of likely N-dealkylation sites (tertiary alicyclic amines) is 2. The van der Waals surface area contributed by atoms with Gasteiger partial charge in [-0.1, -0.05) is 24.4 Å². The van der Waals surface area contributed by atoms with Crippen molar-refractivity contribution in [1.29, 1.82) is 0 Å². The summed E-state index contributed by atoms with van der Waals surface area (Å²) in [5, 5.41) is 3.65. The molecule has 1 spiro atoms. The summed E-state index contributed by atoms with van der Waals surface area (Å²) in [4.78, 5) is 42.0. The first-order chi connectivity index (χ1) is 16.4. The van der Waals surface area contributed by atoms with E-state index in [2.05, 4.69) is 5.32 Å². The molecular formula is C26H36ClN3O4. The zero-order valence-corrected chi connectivity index (χ0v) is 20.9. The summed E-state index contributed by atoms with van der Waals surface area (Å²) < 4.78 is 5.86. The van der Waals surface area contributed by atoms with Gasteiger partial charge in [-0.15, -0.1) is 0 Å². The fraction of sp³-hybridized carbons (Fsp3) is 0.654. The van der Waals surface area contributed by atoms with Crippen molar-refractivity contribution in [2.45, 2.75) is 58.3 Å². The molecule has 1 N–H and O–H groups in total. The minimum atomic E-state index is -0.183. The first kappa shape index (κ1) is 24.8. The van der Waals surface area contributed by atoms with Crippen LogP contribution >= 0.6 is 11.6 Å². The molecule has 186 valence electrons. The number of ether oxygens (including phenoxy) is 1. The lowest BCUT2D eigenvalue weighted by molar-refractivity contribution is -0.143. The molecule has 1 atom stereocenters. The first-order valence-electron chi connectivity index (χ1n) is 12.6. The molecule has 2 fully saturated rings. The Morgan fingerprint density at radius 2 is 1.82 bits per heavy atom. The Balaban J connectivity index is 1.46. The van der Waals surface area contributed by atoms with E-state index in [1.165, 1.54) is 0 Å². The Morgan fingerprint density at radius 1 is 1.06 bits per heavy atom. The van der Waals surface area contributed by atoms with Crippen LogP contribution in [0.5, 0.6) is 5.75 Å². The molecule has 3 amide bonds. The Bertz CT molecular complexity index is 915. The second kappa shape index (κ2) is 11.0. The van der Waals surface area contributed by atoms with E-state index in [-0.39, 0.29) is 29.1 Å². The predicted molar refractivity (Wildman–Crippen MR) is 131 cm³/mol. The first-order valence-corrected chi connectivity index (χ1v) is 13.0. The number of hydrogen-bond donors (Lipinski definition) is 1. The average Bonchev–Trinajstić information content (AvgIpc) is 2.84. The van der Waals surface area contributed by atoms with Crippen LogP contribution < -0.4 is 10.1 Å². The van der Waals surface area contributed by atoms with Gasteiger partial charge < -0.3 is 19.9 Å². The topological polar surface area (TPSA) is 79.0 Å². The second-order valence-electron chi connectivity index (χ2n) is 10.1. The molecule has 1 aromatic carbocycles. The van der Waals surface area contributed by atoms with Gasteiger partial charge in [-0.2, -0.15) is 0 Å². The molecule has 7 nitrogen and oxygen atoms in total. The van der Waals surface area contributed by atoms with Gasteiger partial charge in [0.2, 0.25) is 11.8 Å². The molecule has 1 aromatic rings. The zero-order valence-electron chi connectivity index (χ0n) is 20.1. The fourth-order valence-electron chi connectivity index (χ4n) is 5.66. The van der Waals surface area contributed by atoms with Gasteiger partial charge in [-0.05, 0) is 56.7 Å². The molecule has 4 rings (SSSR count). The summed E-state index contributed by atoms with van der Waals surface area (Å²) in [7, 11) is 0. The van der Waals surface area contributed by atoms with Crippen LogP contribution in [-0.4, -0.2) is 66.9 Å². The predicted octanol–water partition coefficient (Wildman–Crippen LogP) is 3.89. The lowest BCUT2D eigenvalue weighted by atomic mass is 9.75. The Morgan fingerprint density at radius 3 is 2.59 bits per heavy atom. The largest absolute Gasteiger partial charge is 0.493 e. The molecule has 3 aliphatic rings. The van der Waals surface area contributed by atoms with E-state index in [4.69, 9.17) is 16.3 Å². The molecule has 0 radical (unpaired) electrons. The maximum atomic E-state index is 13.4. The maximum Gasteiger partial charge on any atom is 0.255 e. The van der Waals surface area contributed by atoms with E-state index in [0.29, 0.717) is 49.1 Å². The van der Waals surface area contributed by atoms with Crippen molar-refractivity contribution < 1.29 is 19.1 Å². The molecular weight excluding hydrogens is 454 g/mol. The molecule has 3 aliphatic heterocycles. The van der Waals surface area contributed by atoms with Gasteiger partial charge in [0.15, 0.2) is 0 Å². The number of benzene rings is 1. The Hall–Kier alpha value is -2.28. The molecule has 2 saturated heterocycles. The van der Waals surface area contributed by atoms with Crippen LogP contribution in [0.3, 0.4) is 0 Å². The molecule has 0 aromatic heterocycles. The molecule has 34 heavy (non-hydrogen) atoms. The monoisotopic (exact) mass is 489 g/mol. The van der Waals surface area contributed by atoms with Crippen molar-refractivity contribution in [3.8, 4) is 5.75 Å². The highest BCUT2D eigenvalue weighted by Crippen LogP contribution is 2.37. The number of amides is 3. The number of carbonyl (C=O) groups is 3. The van der Waals surface area contributed by atoms with Crippen molar-refractivity contribution in [1.82, 2.24) is 15.1 Å². The minimum absolute atomic E-state index is 0.0160. The van der Waals surface area contributed by atoms with Crippen molar-refractivity contribution >= 4 is 29.3 Å². The van der Waals surface area contributed by atoms with E-state index in [0.717, 1.165) is 57.9 Å². The molecule has 0 saturated carbocycles. The fourth-order valence-corrected chi connectivity index (χ4v) is 5.83. The normalized spacial score (nSPS) is 24.9. The summed E-state index contributed by atoms with van der Waals surface area (Å²) in [5.74, 6) is 0.662. The van der Waals surface area contributed by atoms with Gasteiger partial charge in [-0.25, -0.2) is 0 Å². The summed E-state index contributed by atoms with van der Waals surface area (Å²) in [6.45, 7) is 5.46. The lowest BCUT2D eigenvalue weighted by Gasteiger charge is -2.45.